The molecule has 0 aliphatic heterocycles. The molecule has 2 N–H and O–H groups in total. The van der Waals surface area contributed by atoms with Crippen LogP contribution in [0.2, 0.25) is 0 Å². The van der Waals surface area contributed by atoms with Gasteiger partial charge in [-0.1, -0.05) is 36.4 Å². The number of amides is 2. The minimum Gasteiger partial charge on any atom is -0.406 e. The van der Waals surface area contributed by atoms with Crippen LogP contribution in [0.25, 0.3) is 0 Å². The highest BCUT2D eigenvalue weighted by Gasteiger charge is 2.31. The van der Waals surface area contributed by atoms with Crippen LogP contribution < -0.4 is 15.4 Å². The number of carbonyl (C=O) groups excluding carboxylic acids is 1. The van der Waals surface area contributed by atoms with Crippen molar-refractivity contribution in [3.63, 3.8) is 0 Å². The number of halogens is 6. The highest BCUT2D eigenvalue weighted by Crippen LogP contribution is 2.22. The molecule has 0 heterocycles. The van der Waals surface area contributed by atoms with Gasteiger partial charge in [-0.3, -0.25) is 0 Å². The summed E-state index contributed by atoms with van der Waals surface area (Å²) in [7, 11) is 0. The summed E-state index contributed by atoms with van der Waals surface area (Å²) in [6.45, 7) is -1.24. The first-order valence-electron chi connectivity index (χ1n) is 8.59. The molecule has 5 nitrogen and oxygen atoms in total. The Kier molecular flexibility index (Phi) is 7.93. The normalized spacial score (nSPS) is 11.8. The fraction of sp³-hybridized carbons (Fsp3) is 0.316. The van der Waals surface area contributed by atoms with E-state index in [2.05, 4.69) is 20.1 Å². The van der Waals surface area contributed by atoms with Gasteiger partial charge in [-0.25, -0.2) is 4.79 Å². The summed E-state index contributed by atoms with van der Waals surface area (Å²) < 4.78 is 80.7. The Bertz CT molecular complexity index is 805. The second kappa shape index (κ2) is 10.2. The molecule has 2 rings (SSSR count). The molecule has 0 bridgehead atoms. The van der Waals surface area contributed by atoms with Crippen LogP contribution in [0.3, 0.4) is 0 Å². The summed E-state index contributed by atoms with van der Waals surface area (Å²) in [4.78, 5) is 11.8. The molecule has 0 saturated carbocycles. The highest BCUT2D eigenvalue weighted by molar-refractivity contribution is 5.73. The van der Waals surface area contributed by atoms with E-state index in [1.54, 1.807) is 24.3 Å². The Hall–Kier alpha value is -2.95. The fourth-order valence-corrected chi connectivity index (χ4v) is 2.27. The quantitative estimate of drug-likeness (QED) is 0.592. The summed E-state index contributed by atoms with van der Waals surface area (Å²) in [6, 6.07) is 11.0. The van der Waals surface area contributed by atoms with Crippen LogP contribution >= 0.6 is 0 Å². The molecule has 2 aromatic rings. The van der Waals surface area contributed by atoms with Gasteiger partial charge in [-0.2, -0.15) is 13.2 Å². The van der Waals surface area contributed by atoms with Crippen molar-refractivity contribution < 1.29 is 40.6 Å². The van der Waals surface area contributed by atoms with E-state index in [1.165, 1.54) is 12.1 Å². The SMILES string of the molecule is O=C(NCc1ccc(COCC(F)(F)F)cc1)NCc1ccc(OC(F)(F)F)cc1. The molecule has 0 radical (unpaired) electrons. The maximum absolute atomic E-state index is 12.1. The average molecular weight is 436 g/mol. The second-order valence-electron chi connectivity index (χ2n) is 6.15. The zero-order valence-electron chi connectivity index (χ0n) is 15.4. The summed E-state index contributed by atoms with van der Waals surface area (Å²) in [5.41, 5.74) is 1.85. The van der Waals surface area contributed by atoms with Crippen LogP contribution in [0.15, 0.2) is 48.5 Å². The number of alkyl halides is 6. The van der Waals surface area contributed by atoms with Crippen molar-refractivity contribution in [2.24, 2.45) is 0 Å². The van der Waals surface area contributed by atoms with Crippen LogP contribution in [-0.2, 0) is 24.4 Å². The molecule has 0 unspecified atom stereocenters. The fourth-order valence-electron chi connectivity index (χ4n) is 2.27. The largest absolute Gasteiger partial charge is 0.573 e. The summed E-state index contributed by atoms with van der Waals surface area (Å²) in [5.74, 6) is -0.358. The van der Waals surface area contributed by atoms with Gasteiger partial charge in [0.2, 0.25) is 0 Å². The molecule has 2 aromatic carbocycles. The van der Waals surface area contributed by atoms with E-state index >= 15 is 0 Å². The van der Waals surface area contributed by atoms with Gasteiger partial charge in [-0.05, 0) is 28.8 Å². The molecule has 0 fully saturated rings. The van der Waals surface area contributed by atoms with Crippen molar-refractivity contribution in [2.45, 2.75) is 32.2 Å². The standard InChI is InChI=1S/C19H18F6N2O3/c20-18(21,22)12-29-11-15-3-1-13(2-4-15)9-26-17(28)27-10-14-5-7-16(8-6-14)30-19(23,24)25/h1-8H,9-12H2,(H2,26,27,28). The molecule has 0 atom stereocenters. The van der Waals surface area contributed by atoms with Crippen molar-refractivity contribution in [1.82, 2.24) is 10.6 Å². The van der Waals surface area contributed by atoms with E-state index in [9.17, 15) is 31.1 Å². The van der Waals surface area contributed by atoms with Gasteiger partial charge in [0.25, 0.3) is 0 Å². The summed E-state index contributed by atoms with van der Waals surface area (Å²) >= 11 is 0. The third kappa shape index (κ3) is 9.50. The van der Waals surface area contributed by atoms with Crippen LogP contribution in [0.1, 0.15) is 16.7 Å². The number of benzene rings is 2. The molecule has 2 amide bonds. The predicted octanol–water partition coefficient (Wildman–Crippen LogP) is 4.66. The monoisotopic (exact) mass is 436 g/mol. The molecular weight excluding hydrogens is 418 g/mol. The van der Waals surface area contributed by atoms with Gasteiger partial charge in [0.05, 0.1) is 6.61 Å². The van der Waals surface area contributed by atoms with Gasteiger partial charge < -0.3 is 20.1 Å². The Balaban J connectivity index is 1.70. The zero-order valence-corrected chi connectivity index (χ0v) is 15.4. The second-order valence-corrected chi connectivity index (χ2v) is 6.15. The predicted molar refractivity (Wildman–Crippen MR) is 94.4 cm³/mol. The smallest absolute Gasteiger partial charge is 0.406 e. The van der Waals surface area contributed by atoms with E-state index in [4.69, 9.17) is 0 Å². The zero-order chi connectivity index (χ0) is 22.2. The van der Waals surface area contributed by atoms with Gasteiger partial charge >= 0.3 is 18.6 Å². The Morgan fingerprint density at radius 1 is 0.767 bits per heavy atom. The number of hydrogen-bond acceptors (Lipinski definition) is 3. The minimum absolute atomic E-state index is 0.0909. The number of carbonyl (C=O) groups is 1. The lowest BCUT2D eigenvalue weighted by Gasteiger charge is -2.11. The number of ether oxygens (including phenoxy) is 2. The van der Waals surface area contributed by atoms with E-state index in [0.717, 1.165) is 17.7 Å². The molecule has 30 heavy (non-hydrogen) atoms. The molecule has 0 spiro atoms. The van der Waals surface area contributed by atoms with Crippen LogP contribution in [-0.4, -0.2) is 25.2 Å². The lowest BCUT2D eigenvalue weighted by Crippen LogP contribution is -2.34. The molecular formula is C19H18F6N2O3. The highest BCUT2D eigenvalue weighted by atomic mass is 19.4. The molecule has 0 aromatic heterocycles. The number of hydrogen-bond donors (Lipinski definition) is 2. The average Bonchev–Trinajstić information content (AvgIpc) is 2.64. The molecule has 11 heteroatoms. The maximum atomic E-state index is 12.1. The van der Waals surface area contributed by atoms with Crippen molar-refractivity contribution in [3.05, 3.63) is 65.2 Å². The molecule has 0 aliphatic rings. The van der Waals surface area contributed by atoms with Gasteiger partial charge in [0.1, 0.15) is 12.4 Å². The third-order valence-electron chi connectivity index (χ3n) is 3.62. The number of rotatable bonds is 8. The van der Waals surface area contributed by atoms with E-state index in [0.29, 0.717) is 11.1 Å². The summed E-state index contributed by atoms with van der Waals surface area (Å²) in [5, 5.41) is 5.14. The lowest BCUT2D eigenvalue weighted by atomic mass is 10.1. The van der Waals surface area contributed by atoms with Crippen molar-refractivity contribution in [2.75, 3.05) is 6.61 Å². The first kappa shape index (κ1) is 23.3. The van der Waals surface area contributed by atoms with E-state index in [1.807, 2.05) is 0 Å². The molecule has 0 aliphatic carbocycles. The van der Waals surface area contributed by atoms with Crippen molar-refractivity contribution in [3.8, 4) is 5.75 Å². The molecule has 164 valence electrons. The van der Waals surface area contributed by atoms with Gasteiger partial charge in [0.15, 0.2) is 0 Å². The van der Waals surface area contributed by atoms with E-state index in [-0.39, 0.29) is 25.4 Å². The van der Waals surface area contributed by atoms with Crippen molar-refractivity contribution in [1.29, 1.82) is 0 Å². The van der Waals surface area contributed by atoms with Crippen LogP contribution in [0.5, 0.6) is 5.75 Å². The lowest BCUT2D eigenvalue weighted by molar-refractivity contribution is -0.274. The number of nitrogens with one attached hydrogen (secondary N) is 2. The van der Waals surface area contributed by atoms with Crippen LogP contribution in [0, 0.1) is 0 Å². The van der Waals surface area contributed by atoms with Gasteiger partial charge in [0, 0.05) is 13.1 Å². The first-order valence-corrected chi connectivity index (χ1v) is 8.59. The maximum Gasteiger partial charge on any atom is 0.573 e. The Labute approximate surface area is 168 Å². The van der Waals surface area contributed by atoms with Crippen molar-refractivity contribution >= 4 is 6.03 Å². The Morgan fingerprint density at radius 2 is 1.23 bits per heavy atom. The number of urea groups is 1. The van der Waals surface area contributed by atoms with E-state index < -0.39 is 25.2 Å². The topological polar surface area (TPSA) is 59.6 Å². The first-order chi connectivity index (χ1) is 14.0. The van der Waals surface area contributed by atoms with Gasteiger partial charge in [-0.15, -0.1) is 13.2 Å². The third-order valence-corrected chi connectivity index (χ3v) is 3.62. The van der Waals surface area contributed by atoms with Crippen LogP contribution in [0.4, 0.5) is 31.1 Å². The minimum atomic E-state index is -4.77. The summed E-state index contributed by atoms with van der Waals surface area (Å²) in [6.07, 6.45) is -9.15. The Morgan fingerprint density at radius 3 is 1.70 bits per heavy atom. The molecule has 0 saturated heterocycles.